The molecule has 0 amide bonds. The molecular formula is C18H25NO3S. The number of rotatable bonds is 5. The molecule has 0 radical (unpaired) electrons. The predicted octanol–water partition coefficient (Wildman–Crippen LogP) is 2.76. The molecule has 126 valence electrons. The fourth-order valence-corrected chi connectivity index (χ4v) is 5.61. The number of sulfonamides is 1. The van der Waals surface area contributed by atoms with E-state index in [1.165, 1.54) is 24.0 Å². The highest BCUT2D eigenvalue weighted by Crippen LogP contribution is 2.35. The highest BCUT2D eigenvalue weighted by atomic mass is 32.2. The molecule has 1 aromatic rings. The summed E-state index contributed by atoms with van der Waals surface area (Å²) in [5, 5.41) is 0. The van der Waals surface area contributed by atoms with Gasteiger partial charge in [0.05, 0.1) is 11.5 Å². The Bertz CT molecular complexity index is 676. The van der Waals surface area contributed by atoms with Gasteiger partial charge in [-0.3, -0.25) is 0 Å². The highest BCUT2D eigenvalue weighted by Gasteiger charge is 2.40. The number of hydrogen-bond donors (Lipinski definition) is 0. The van der Waals surface area contributed by atoms with Crippen LogP contribution in [0.1, 0.15) is 43.2 Å². The second-order valence-electron chi connectivity index (χ2n) is 7.17. The van der Waals surface area contributed by atoms with Gasteiger partial charge in [0.25, 0.3) is 0 Å². The minimum absolute atomic E-state index is 0.205. The van der Waals surface area contributed by atoms with Gasteiger partial charge in [0, 0.05) is 19.2 Å². The molecule has 4 rings (SSSR count). The van der Waals surface area contributed by atoms with E-state index in [1.807, 2.05) is 18.2 Å². The van der Waals surface area contributed by atoms with Crippen LogP contribution in [0.5, 0.6) is 0 Å². The lowest BCUT2D eigenvalue weighted by Gasteiger charge is -2.25. The van der Waals surface area contributed by atoms with E-state index in [-0.39, 0.29) is 6.04 Å². The Labute approximate surface area is 138 Å². The minimum Gasteiger partial charge on any atom is -0.381 e. The number of ether oxygens (including phenoxy) is 1. The van der Waals surface area contributed by atoms with Gasteiger partial charge in [0.1, 0.15) is 0 Å². The van der Waals surface area contributed by atoms with Crippen LogP contribution in [0, 0.1) is 5.92 Å². The van der Waals surface area contributed by atoms with Crippen molar-refractivity contribution in [2.45, 2.75) is 55.9 Å². The maximum atomic E-state index is 13.2. The van der Waals surface area contributed by atoms with Crippen molar-refractivity contribution in [3.05, 3.63) is 29.3 Å². The smallest absolute Gasteiger partial charge is 0.243 e. The van der Waals surface area contributed by atoms with Crippen molar-refractivity contribution in [3.63, 3.8) is 0 Å². The maximum Gasteiger partial charge on any atom is 0.243 e. The zero-order valence-electron chi connectivity index (χ0n) is 13.5. The van der Waals surface area contributed by atoms with E-state index in [0.29, 0.717) is 24.0 Å². The topological polar surface area (TPSA) is 46.6 Å². The Hall–Kier alpha value is -0.910. The summed E-state index contributed by atoms with van der Waals surface area (Å²) in [5.74, 6) is 0.350. The monoisotopic (exact) mass is 335 g/mol. The van der Waals surface area contributed by atoms with Crippen molar-refractivity contribution in [1.29, 1.82) is 0 Å². The van der Waals surface area contributed by atoms with Gasteiger partial charge in [-0.1, -0.05) is 6.07 Å². The van der Waals surface area contributed by atoms with Crippen molar-refractivity contribution in [2.75, 3.05) is 19.8 Å². The summed E-state index contributed by atoms with van der Waals surface area (Å²) in [6.45, 7) is 2.08. The third-order valence-electron chi connectivity index (χ3n) is 5.34. The van der Waals surface area contributed by atoms with Gasteiger partial charge in [0.2, 0.25) is 10.0 Å². The zero-order chi connectivity index (χ0) is 15.9. The van der Waals surface area contributed by atoms with E-state index in [4.69, 9.17) is 4.74 Å². The van der Waals surface area contributed by atoms with Gasteiger partial charge in [-0.2, -0.15) is 4.31 Å². The highest BCUT2D eigenvalue weighted by molar-refractivity contribution is 7.89. The lowest BCUT2D eigenvalue weighted by Crippen LogP contribution is -2.37. The Morgan fingerprint density at radius 2 is 1.87 bits per heavy atom. The van der Waals surface area contributed by atoms with Crippen LogP contribution >= 0.6 is 0 Å². The fraction of sp³-hybridized carbons (Fsp3) is 0.667. The van der Waals surface area contributed by atoms with Crippen LogP contribution in [-0.2, 0) is 27.6 Å². The third kappa shape index (κ3) is 3.19. The van der Waals surface area contributed by atoms with Crippen molar-refractivity contribution in [2.24, 2.45) is 5.92 Å². The largest absolute Gasteiger partial charge is 0.381 e. The standard InChI is InChI=1S/C18H25NO3S/c20-23(21,18-8-5-15-3-1-2-4-16(15)11-18)19(17-6-7-17)12-14-9-10-22-13-14/h5,8,11,14,17H,1-4,6-7,9-10,12-13H2. The molecule has 1 saturated carbocycles. The minimum atomic E-state index is -3.38. The number of benzene rings is 1. The summed E-state index contributed by atoms with van der Waals surface area (Å²) < 4.78 is 33.5. The fourth-order valence-electron chi connectivity index (χ4n) is 3.79. The summed E-state index contributed by atoms with van der Waals surface area (Å²) >= 11 is 0. The molecule has 2 aliphatic carbocycles. The zero-order valence-corrected chi connectivity index (χ0v) is 14.4. The van der Waals surface area contributed by atoms with Gasteiger partial charge in [0.15, 0.2) is 0 Å². The van der Waals surface area contributed by atoms with Crippen LogP contribution in [0.3, 0.4) is 0 Å². The molecule has 1 unspecified atom stereocenters. The summed E-state index contributed by atoms with van der Waals surface area (Å²) in [5.41, 5.74) is 2.56. The number of fused-ring (bicyclic) bond motifs is 1. The lowest BCUT2D eigenvalue weighted by molar-refractivity contribution is 0.180. The second kappa shape index (κ2) is 6.19. The molecule has 0 N–H and O–H groups in total. The average molecular weight is 335 g/mol. The van der Waals surface area contributed by atoms with Gasteiger partial charge < -0.3 is 4.74 Å². The first-order valence-electron chi connectivity index (χ1n) is 8.86. The lowest BCUT2D eigenvalue weighted by atomic mass is 9.92. The Balaban J connectivity index is 1.61. The molecular weight excluding hydrogens is 310 g/mol. The average Bonchev–Trinajstić information content (AvgIpc) is 3.27. The van der Waals surface area contributed by atoms with E-state index in [0.717, 1.165) is 38.7 Å². The molecule has 1 saturated heterocycles. The van der Waals surface area contributed by atoms with Crippen molar-refractivity contribution < 1.29 is 13.2 Å². The molecule has 3 aliphatic rings. The summed E-state index contributed by atoms with van der Waals surface area (Å²) in [7, 11) is -3.38. The van der Waals surface area contributed by atoms with Crippen molar-refractivity contribution >= 4 is 10.0 Å². The first-order valence-corrected chi connectivity index (χ1v) is 10.3. The van der Waals surface area contributed by atoms with E-state index < -0.39 is 10.0 Å². The van der Waals surface area contributed by atoms with E-state index in [1.54, 1.807) is 4.31 Å². The molecule has 1 aromatic carbocycles. The van der Waals surface area contributed by atoms with Crippen LogP contribution < -0.4 is 0 Å². The molecule has 0 bridgehead atoms. The van der Waals surface area contributed by atoms with Gasteiger partial charge in [-0.25, -0.2) is 8.42 Å². The van der Waals surface area contributed by atoms with Crippen molar-refractivity contribution in [1.82, 2.24) is 4.31 Å². The van der Waals surface area contributed by atoms with Gasteiger partial charge in [-0.15, -0.1) is 0 Å². The quantitative estimate of drug-likeness (QED) is 0.831. The van der Waals surface area contributed by atoms with Crippen LogP contribution in [-0.4, -0.2) is 38.5 Å². The van der Waals surface area contributed by atoms with Gasteiger partial charge in [-0.05, 0) is 74.1 Å². The Kier molecular flexibility index (Phi) is 4.20. The molecule has 5 heteroatoms. The first kappa shape index (κ1) is 15.6. The third-order valence-corrected chi connectivity index (χ3v) is 7.26. The normalized spacial score (nSPS) is 24.8. The van der Waals surface area contributed by atoms with Crippen molar-refractivity contribution in [3.8, 4) is 0 Å². The summed E-state index contributed by atoms with van der Waals surface area (Å²) in [6.07, 6.45) is 7.45. The maximum absolute atomic E-state index is 13.2. The van der Waals surface area contributed by atoms with Gasteiger partial charge >= 0.3 is 0 Å². The number of hydrogen-bond acceptors (Lipinski definition) is 3. The van der Waals surface area contributed by atoms with Crippen LogP contribution in [0.25, 0.3) is 0 Å². The SMILES string of the molecule is O=S(=O)(c1ccc2c(c1)CCCC2)N(CC1CCOC1)C1CC1. The number of nitrogens with zero attached hydrogens (tertiary/aromatic N) is 1. The Morgan fingerprint density at radius 1 is 1.09 bits per heavy atom. The van der Waals surface area contributed by atoms with Crippen LogP contribution in [0.2, 0.25) is 0 Å². The van der Waals surface area contributed by atoms with E-state index >= 15 is 0 Å². The first-order chi connectivity index (χ1) is 11.1. The molecule has 0 spiro atoms. The molecule has 1 aliphatic heterocycles. The van der Waals surface area contributed by atoms with Crippen LogP contribution in [0.4, 0.5) is 0 Å². The summed E-state index contributed by atoms with van der Waals surface area (Å²) in [4.78, 5) is 0.490. The number of aryl methyl sites for hydroxylation is 2. The second-order valence-corrected chi connectivity index (χ2v) is 9.06. The molecule has 2 fully saturated rings. The molecule has 0 aromatic heterocycles. The van der Waals surface area contributed by atoms with Crippen LogP contribution in [0.15, 0.2) is 23.1 Å². The predicted molar refractivity (Wildman–Crippen MR) is 88.9 cm³/mol. The van der Waals surface area contributed by atoms with E-state index in [9.17, 15) is 8.42 Å². The molecule has 1 atom stereocenters. The molecule has 4 nitrogen and oxygen atoms in total. The summed E-state index contributed by atoms with van der Waals surface area (Å²) in [6, 6.07) is 5.99. The molecule has 23 heavy (non-hydrogen) atoms. The molecule has 1 heterocycles. The van der Waals surface area contributed by atoms with E-state index in [2.05, 4.69) is 0 Å². The Morgan fingerprint density at radius 3 is 2.57 bits per heavy atom.